The smallest absolute Gasteiger partial charge is 0.387 e. The molecular weight excluding hydrogens is 318 g/mol. The highest BCUT2D eigenvalue weighted by atomic mass is 19.3. The van der Waals surface area contributed by atoms with Gasteiger partial charge in [-0.1, -0.05) is 12.1 Å². The summed E-state index contributed by atoms with van der Waals surface area (Å²) in [5.74, 6) is -1.62. The zero-order valence-electron chi connectivity index (χ0n) is 11.6. The fourth-order valence-electron chi connectivity index (χ4n) is 1.74. The molecule has 0 fully saturated rings. The lowest BCUT2D eigenvalue weighted by molar-refractivity contribution is -0.386. The zero-order chi connectivity index (χ0) is 17.0. The van der Waals surface area contributed by atoms with E-state index in [4.69, 9.17) is 0 Å². The zero-order valence-corrected chi connectivity index (χ0v) is 11.6. The Hall–Kier alpha value is -3.24. The van der Waals surface area contributed by atoms with Crippen molar-refractivity contribution in [1.29, 1.82) is 0 Å². The van der Waals surface area contributed by atoms with E-state index in [1.165, 1.54) is 24.3 Å². The van der Waals surface area contributed by atoms with E-state index in [1.807, 2.05) is 0 Å². The molecule has 2 rings (SSSR count). The summed E-state index contributed by atoms with van der Waals surface area (Å²) in [4.78, 5) is 22.3. The van der Waals surface area contributed by atoms with Gasteiger partial charge in [-0.15, -0.1) is 5.10 Å². The van der Waals surface area contributed by atoms with Crippen molar-refractivity contribution in [2.24, 2.45) is 0 Å². The SMILES string of the molecule is COc1n[nH]c(C(=O)Nc2ccccc2OC(F)F)c1[N+](=O)[O-]. The maximum atomic E-state index is 12.3. The molecule has 0 unspecified atom stereocenters. The molecule has 11 heteroatoms. The van der Waals surface area contributed by atoms with Gasteiger partial charge in [0.05, 0.1) is 17.7 Å². The maximum Gasteiger partial charge on any atom is 0.387 e. The van der Waals surface area contributed by atoms with Crippen LogP contribution in [0, 0.1) is 10.1 Å². The van der Waals surface area contributed by atoms with Crippen molar-refractivity contribution in [3.63, 3.8) is 0 Å². The number of hydrogen-bond donors (Lipinski definition) is 2. The molecule has 1 amide bonds. The van der Waals surface area contributed by atoms with Crippen LogP contribution in [-0.4, -0.2) is 34.7 Å². The predicted octanol–water partition coefficient (Wildman–Crippen LogP) is 2.18. The number of carbonyl (C=O) groups is 1. The highest BCUT2D eigenvalue weighted by Gasteiger charge is 2.30. The number of alkyl halides is 2. The van der Waals surface area contributed by atoms with Gasteiger partial charge in [0.25, 0.3) is 5.91 Å². The molecule has 0 spiro atoms. The average molecular weight is 328 g/mol. The van der Waals surface area contributed by atoms with Crippen LogP contribution < -0.4 is 14.8 Å². The van der Waals surface area contributed by atoms with Crippen LogP contribution in [0.4, 0.5) is 20.2 Å². The van der Waals surface area contributed by atoms with Gasteiger partial charge in [0.15, 0.2) is 0 Å². The fraction of sp³-hybridized carbons (Fsp3) is 0.167. The number of aromatic nitrogens is 2. The highest BCUT2D eigenvalue weighted by molar-refractivity contribution is 6.06. The van der Waals surface area contributed by atoms with Gasteiger partial charge in [0.1, 0.15) is 5.75 Å². The Labute approximate surface area is 127 Å². The van der Waals surface area contributed by atoms with E-state index in [0.717, 1.165) is 7.11 Å². The number of amides is 1. The van der Waals surface area contributed by atoms with Crippen molar-refractivity contribution in [3.8, 4) is 11.6 Å². The van der Waals surface area contributed by atoms with E-state index in [9.17, 15) is 23.7 Å². The average Bonchev–Trinajstić information content (AvgIpc) is 2.93. The molecule has 0 aliphatic carbocycles. The first-order valence-electron chi connectivity index (χ1n) is 6.06. The van der Waals surface area contributed by atoms with E-state index >= 15 is 0 Å². The van der Waals surface area contributed by atoms with Crippen LogP contribution in [0.5, 0.6) is 11.6 Å². The Morgan fingerprint density at radius 1 is 1.43 bits per heavy atom. The predicted molar refractivity (Wildman–Crippen MR) is 72.8 cm³/mol. The summed E-state index contributed by atoms with van der Waals surface area (Å²) < 4.78 is 33.6. The second-order valence-corrected chi connectivity index (χ2v) is 4.04. The minimum absolute atomic E-state index is 0.0827. The van der Waals surface area contributed by atoms with Gasteiger partial charge in [-0.25, -0.2) is 0 Å². The van der Waals surface area contributed by atoms with E-state index < -0.39 is 28.8 Å². The second-order valence-electron chi connectivity index (χ2n) is 4.04. The van der Waals surface area contributed by atoms with Gasteiger partial charge in [-0.05, 0) is 12.1 Å². The van der Waals surface area contributed by atoms with Crippen molar-refractivity contribution in [2.75, 3.05) is 12.4 Å². The third-order valence-corrected chi connectivity index (χ3v) is 2.66. The lowest BCUT2D eigenvalue weighted by Crippen LogP contribution is -2.15. The molecule has 0 aliphatic rings. The van der Waals surface area contributed by atoms with Gasteiger partial charge in [0.2, 0.25) is 5.69 Å². The Kier molecular flexibility index (Phi) is 4.69. The Balaban J connectivity index is 2.30. The molecule has 2 N–H and O–H groups in total. The molecule has 1 aromatic heterocycles. The summed E-state index contributed by atoms with van der Waals surface area (Å²) in [5.41, 5.74) is -1.24. The molecule has 2 aromatic rings. The van der Waals surface area contributed by atoms with Crippen LogP contribution in [-0.2, 0) is 0 Å². The number of ether oxygens (including phenoxy) is 2. The van der Waals surface area contributed by atoms with Crippen molar-refractivity contribution in [3.05, 3.63) is 40.1 Å². The summed E-state index contributed by atoms with van der Waals surface area (Å²) >= 11 is 0. The lowest BCUT2D eigenvalue weighted by atomic mass is 10.2. The van der Waals surface area contributed by atoms with Gasteiger partial charge in [-0.3, -0.25) is 20.0 Å². The van der Waals surface area contributed by atoms with Crippen molar-refractivity contribution in [2.45, 2.75) is 6.61 Å². The van der Waals surface area contributed by atoms with Crippen LogP contribution in [0.2, 0.25) is 0 Å². The first kappa shape index (κ1) is 16.1. The molecule has 1 heterocycles. The number of nitro groups is 1. The quantitative estimate of drug-likeness (QED) is 0.619. The van der Waals surface area contributed by atoms with Crippen LogP contribution >= 0.6 is 0 Å². The normalized spacial score (nSPS) is 10.4. The molecule has 0 atom stereocenters. The number of hydrogen-bond acceptors (Lipinski definition) is 6. The highest BCUT2D eigenvalue weighted by Crippen LogP contribution is 2.30. The van der Waals surface area contributed by atoms with E-state index in [0.29, 0.717) is 0 Å². The minimum Gasteiger partial charge on any atom is -0.475 e. The first-order valence-corrected chi connectivity index (χ1v) is 6.06. The van der Waals surface area contributed by atoms with Crippen LogP contribution in [0.1, 0.15) is 10.5 Å². The van der Waals surface area contributed by atoms with Crippen molar-refractivity contribution >= 4 is 17.3 Å². The number of methoxy groups -OCH3 is 1. The minimum atomic E-state index is -3.09. The topological polar surface area (TPSA) is 119 Å². The molecule has 0 saturated carbocycles. The van der Waals surface area contributed by atoms with Crippen LogP contribution in [0.3, 0.4) is 0 Å². The third-order valence-electron chi connectivity index (χ3n) is 2.66. The standard InChI is InChI=1S/C12H10F2N4O5/c1-22-11-9(18(20)21)8(16-17-11)10(19)15-6-4-2-3-5-7(6)23-12(13)14/h2-5,12H,1H3,(H,15,19)(H,16,17). The molecule has 0 radical (unpaired) electrons. The fourth-order valence-corrected chi connectivity index (χ4v) is 1.74. The summed E-state index contributed by atoms with van der Waals surface area (Å²) in [6.45, 7) is -3.09. The third kappa shape index (κ3) is 3.51. The lowest BCUT2D eigenvalue weighted by Gasteiger charge is -2.10. The summed E-state index contributed by atoms with van der Waals surface area (Å²) in [5, 5.41) is 18.9. The molecule has 122 valence electrons. The van der Waals surface area contributed by atoms with E-state index in [1.54, 1.807) is 0 Å². The van der Waals surface area contributed by atoms with Gasteiger partial charge in [-0.2, -0.15) is 8.78 Å². The maximum absolute atomic E-state index is 12.3. The number of H-pyrrole nitrogens is 1. The number of rotatable bonds is 6. The molecule has 0 saturated heterocycles. The summed E-state index contributed by atoms with van der Waals surface area (Å²) in [6, 6.07) is 5.41. The molecule has 1 aromatic carbocycles. The van der Waals surface area contributed by atoms with Crippen LogP contribution in [0.25, 0.3) is 0 Å². The second kappa shape index (κ2) is 6.68. The van der Waals surface area contributed by atoms with E-state index in [-0.39, 0.29) is 17.3 Å². The van der Waals surface area contributed by atoms with Gasteiger partial charge in [0, 0.05) is 0 Å². The largest absolute Gasteiger partial charge is 0.475 e. The Bertz CT molecular complexity index is 734. The number of carbonyl (C=O) groups excluding carboxylic acids is 1. The van der Waals surface area contributed by atoms with Crippen molar-refractivity contribution in [1.82, 2.24) is 10.2 Å². The Morgan fingerprint density at radius 2 is 2.13 bits per heavy atom. The van der Waals surface area contributed by atoms with Gasteiger partial charge >= 0.3 is 18.2 Å². The molecular formula is C12H10F2N4O5. The van der Waals surface area contributed by atoms with Crippen molar-refractivity contribution < 1.29 is 28.0 Å². The number of benzene rings is 1. The Morgan fingerprint density at radius 3 is 2.74 bits per heavy atom. The first-order chi connectivity index (χ1) is 10.9. The van der Waals surface area contributed by atoms with Gasteiger partial charge < -0.3 is 14.8 Å². The molecule has 9 nitrogen and oxygen atoms in total. The van der Waals surface area contributed by atoms with Crippen LogP contribution in [0.15, 0.2) is 24.3 Å². The molecule has 0 aliphatic heterocycles. The monoisotopic (exact) mass is 328 g/mol. The number of anilines is 1. The number of halogens is 2. The number of nitrogens with one attached hydrogen (secondary N) is 2. The molecule has 23 heavy (non-hydrogen) atoms. The number of aromatic amines is 1. The molecule has 0 bridgehead atoms. The number of para-hydroxylation sites is 2. The van der Waals surface area contributed by atoms with E-state index in [2.05, 4.69) is 25.0 Å². The summed E-state index contributed by atoms with van der Waals surface area (Å²) in [7, 11) is 1.15. The number of nitrogens with zero attached hydrogens (tertiary/aromatic N) is 2. The summed E-state index contributed by atoms with van der Waals surface area (Å²) in [6.07, 6.45) is 0.